The first-order valence-corrected chi connectivity index (χ1v) is 14.6. The van der Waals surface area contributed by atoms with Crippen molar-refractivity contribution < 1.29 is 35.6 Å². The van der Waals surface area contributed by atoms with E-state index < -0.39 is 50.6 Å². The number of nitrogens with zero attached hydrogens (tertiary/aromatic N) is 2. The number of nitrogens with two attached hydrogens (primary N) is 1. The van der Waals surface area contributed by atoms with E-state index in [1.54, 1.807) is 12.1 Å². The van der Waals surface area contributed by atoms with Gasteiger partial charge in [-0.05, 0) is 55.3 Å². The Labute approximate surface area is 244 Å². The number of sulfone groups is 1. The zero-order valence-electron chi connectivity index (χ0n) is 23.2. The predicted molar refractivity (Wildman–Crippen MR) is 152 cm³/mol. The van der Waals surface area contributed by atoms with E-state index in [2.05, 4.69) is 15.7 Å². The van der Waals surface area contributed by atoms with Crippen LogP contribution in [0.4, 0.5) is 23.2 Å². The van der Waals surface area contributed by atoms with E-state index in [1.807, 2.05) is 0 Å². The third-order valence-electron chi connectivity index (χ3n) is 6.24. The molecule has 0 aliphatic heterocycles. The number of carbonyl (C=O) groups excluding carboxylic acids is 2. The summed E-state index contributed by atoms with van der Waals surface area (Å²) in [6.45, 7) is 3.02. The molecule has 43 heavy (non-hydrogen) atoms. The third-order valence-corrected chi connectivity index (χ3v) is 7.40. The number of anilines is 1. The molecule has 1 aromatic heterocycles. The first-order valence-electron chi connectivity index (χ1n) is 12.7. The summed E-state index contributed by atoms with van der Waals surface area (Å²) in [5, 5.41) is 8.46. The van der Waals surface area contributed by atoms with Gasteiger partial charge in [0.15, 0.2) is 15.5 Å². The zero-order chi connectivity index (χ0) is 31.7. The highest BCUT2D eigenvalue weighted by molar-refractivity contribution is 7.90. The minimum absolute atomic E-state index is 0.00223. The second kappa shape index (κ2) is 11.6. The Kier molecular flexibility index (Phi) is 8.47. The minimum Gasteiger partial charge on any atom is -0.350 e. The van der Waals surface area contributed by atoms with Crippen LogP contribution in [0.2, 0.25) is 0 Å². The predicted octanol–water partition coefficient (Wildman–Crippen LogP) is 4.71. The van der Waals surface area contributed by atoms with Crippen molar-refractivity contribution in [1.82, 2.24) is 15.1 Å². The summed E-state index contributed by atoms with van der Waals surface area (Å²) in [6, 6.07) is 16.0. The molecule has 0 bridgehead atoms. The van der Waals surface area contributed by atoms with E-state index >= 15 is 4.39 Å². The molecule has 226 valence electrons. The zero-order valence-corrected chi connectivity index (χ0v) is 24.0. The van der Waals surface area contributed by atoms with Gasteiger partial charge in [-0.2, -0.15) is 18.3 Å². The fourth-order valence-electron chi connectivity index (χ4n) is 4.09. The number of rotatable bonds is 8. The van der Waals surface area contributed by atoms with Crippen LogP contribution < -0.4 is 16.4 Å². The maximum Gasteiger partial charge on any atom is 0.435 e. The number of hydrogen-bond donors (Lipinski definition) is 3. The Morgan fingerprint density at radius 1 is 0.977 bits per heavy atom. The molecule has 3 aromatic carbocycles. The summed E-state index contributed by atoms with van der Waals surface area (Å²) in [5.41, 5.74) is 3.38. The molecule has 2 amide bonds. The average molecular weight is 618 g/mol. The van der Waals surface area contributed by atoms with E-state index in [4.69, 9.17) is 5.73 Å². The van der Waals surface area contributed by atoms with Crippen molar-refractivity contribution in [3.63, 3.8) is 0 Å². The van der Waals surface area contributed by atoms with Gasteiger partial charge < -0.3 is 16.4 Å². The van der Waals surface area contributed by atoms with E-state index in [0.29, 0.717) is 11.6 Å². The molecule has 14 heteroatoms. The van der Waals surface area contributed by atoms with Gasteiger partial charge in [-0.15, -0.1) is 0 Å². The van der Waals surface area contributed by atoms with Crippen molar-refractivity contribution >= 4 is 27.3 Å². The highest BCUT2D eigenvalue weighted by Crippen LogP contribution is 2.32. The summed E-state index contributed by atoms with van der Waals surface area (Å²) in [7, 11) is -3.64. The second-order valence-electron chi connectivity index (χ2n) is 10.3. The highest BCUT2D eigenvalue weighted by Gasteiger charge is 2.36. The lowest BCUT2D eigenvalue weighted by molar-refractivity contribution is -0.141. The number of nitrogens with one attached hydrogen (secondary N) is 2. The van der Waals surface area contributed by atoms with Crippen molar-refractivity contribution in [3.05, 3.63) is 95.6 Å². The lowest BCUT2D eigenvalue weighted by Crippen LogP contribution is -2.48. The Morgan fingerprint density at radius 2 is 1.67 bits per heavy atom. The Morgan fingerprint density at radius 3 is 2.30 bits per heavy atom. The molecule has 0 atom stereocenters. The molecule has 0 fully saturated rings. The van der Waals surface area contributed by atoms with E-state index in [9.17, 15) is 31.2 Å². The van der Waals surface area contributed by atoms with Crippen LogP contribution in [0.1, 0.15) is 35.6 Å². The Bertz CT molecular complexity index is 1810. The van der Waals surface area contributed by atoms with Crippen molar-refractivity contribution in [2.75, 3.05) is 11.6 Å². The van der Waals surface area contributed by atoms with Crippen molar-refractivity contribution in [3.8, 4) is 16.8 Å². The number of aromatic nitrogens is 2. The number of hydrogen-bond acceptors (Lipinski definition) is 6. The van der Waals surface area contributed by atoms with Crippen LogP contribution in [-0.4, -0.2) is 41.8 Å². The molecule has 0 aliphatic rings. The normalized spacial score (nSPS) is 12.2. The molecule has 0 saturated heterocycles. The van der Waals surface area contributed by atoms with E-state index in [0.717, 1.165) is 17.0 Å². The van der Waals surface area contributed by atoms with Crippen molar-refractivity contribution in [2.24, 2.45) is 5.73 Å². The Hall–Kier alpha value is -4.56. The van der Waals surface area contributed by atoms with Crippen LogP contribution in [0.3, 0.4) is 0 Å². The first kappa shape index (κ1) is 31.4. The van der Waals surface area contributed by atoms with Gasteiger partial charge in [0.2, 0.25) is 5.91 Å². The summed E-state index contributed by atoms with van der Waals surface area (Å²) >= 11 is 0. The number of amides is 2. The van der Waals surface area contributed by atoms with Crippen LogP contribution in [0.25, 0.3) is 16.8 Å². The molecule has 4 aromatic rings. The van der Waals surface area contributed by atoms with Crippen molar-refractivity contribution in [1.29, 1.82) is 0 Å². The van der Waals surface area contributed by atoms with E-state index in [-0.39, 0.29) is 33.9 Å². The lowest BCUT2D eigenvalue weighted by atomic mass is 10.0. The fraction of sp³-hybridized carbons (Fsp3) is 0.207. The van der Waals surface area contributed by atoms with Crippen molar-refractivity contribution in [2.45, 2.75) is 37.0 Å². The molecule has 4 N–H and O–H groups in total. The van der Waals surface area contributed by atoms with Gasteiger partial charge in [0.1, 0.15) is 11.5 Å². The molecule has 0 spiro atoms. The summed E-state index contributed by atoms with van der Waals surface area (Å²) in [4.78, 5) is 25.3. The van der Waals surface area contributed by atoms with Crippen LogP contribution >= 0.6 is 0 Å². The maximum atomic E-state index is 15.1. The van der Waals surface area contributed by atoms with Gasteiger partial charge in [0.25, 0.3) is 5.91 Å². The molecule has 1 heterocycles. The maximum absolute atomic E-state index is 15.1. The summed E-state index contributed by atoms with van der Waals surface area (Å²) < 4.78 is 81.1. The molecule has 9 nitrogen and oxygen atoms in total. The SMILES string of the molecule is CC(C)(N)C(=O)NCc1cccc(-n2nc(C(F)(F)F)cc2C(=O)Nc2ccc(-c3ccccc3S(C)(=O)=O)cc2F)c1. The number of benzene rings is 3. The standard InChI is InChI=1S/C29H27F4N5O4S/c1-28(2,34)27(40)35-16-17-7-6-8-19(13-17)38-23(15-25(37-38)29(31,32)33)26(39)36-22-12-11-18(14-21(22)30)20-9-4-5-10-24(20)43(3,41)42/h4-15H,16,34H2,1-3H3,(H,35,40)(H,36,39). The third kappa shape index (κ3) is 7.27. The monoisotopic (exact) mass is 617 g/mol. The smallest absolute Gasteiger partial charge is 0.350 e. The molecule has 4 rings (SSSR count). The van der Waals surface area contributed by atoms with Gasteiger partial charge >= 0.3 is 6.18 Å². The van der Waals surface area contributed by atoms with Crippen LogP contribution in [0, 0.1) is 5.82 Å². The van der Waals surface area contributed by atoms with Gasteiger partial charge in [0, 0.05) is 24.4 Å². The molecule has 0 aliphatic carbocycles. The quantitative estimate of drug-likeness (QED) is 0.245. The molecular formula is C29H27F4N5O4S. The highest BCUT2D eigenvalue weighted by atomic mass is 32.2. The minimum atomic E-state index is -4.89. The van der Waals surface area contributed by atoms with Crippen LogP contribution in [0.15, 0.2) is 77.7 Å². The van der Waals surface area contributed by atoms with Gasteiger partial charge in [0.05, 0.1) is 21.8 Å². The molecular weight excluding hydrogens is 590 g/mol. The number of carbonyl (C=O) groups is 2. The average Bonchev–Trinajstić information content (AvgIpc) is 3.39. The van der Waals surface area contributed by atoms with Gasteiger partial charge in [-0.3, -0.25) is 9.59 Å². The molecule has 0 unspecified atom stereocenters. The topological polar surface area (TPSA) is 136 Å². The van der Waals surface area contributed by atoms with Crippen LogP contribution in [-0.2, 0) is 27.4 Å². The Balaban J connectivity index is 1.66. The molecule has 0 radical (unpaired) electrons. The lowest BCUT2D eigenvalue weighted by Gasteiger charge is -2.18. The first-order chi connectivity index (χ1) is 19.9. The van der Waals surface area contributed by atoms with Gasteiger partial charge in [-0.25, -0.2) is 17.5 Å². The summed E-state index contributed by atoms with van der Waals surface area (Å²) in [5.74, 6) is -2.49. The molecule has 0 saturated carbocycles. The second-order valence-corrected chi connectivity index (χ2v) is 12.3. The number of alkyl halides is 3. The van der Waals surface area contributed by atoms with E-state index in [1.165, 1.54) is 62.4 Å². The number of halogens is 4. The summed E-state index contributed by atoms with van der Waals surface area (Å²) in [6.07, 6.45) is -3.87. The van der Waals surface area contributed by atoms with Crippen LogP contribution in [0.5, 0.6) is 0 Å². The largest absolute Gasteiger partial charge is 0.435 e. The fourth-order valence-corrected chi connectivity index (χ4v) is 5.00. The van der Waals surface area contributed by atoms with Gasteiger partial charge in [-0.1, -0.05) is 36.4 Å².